The van der Waals surface area contributed by atoms with E-state index in [1.54, 1.807) is 36.4 Å². The summed E-state index contributed by atoms with van der Waals surface area (Å²) in [6.45, 7) is 0.908. The molecule has 0 bridgehead atoms. The Hall–Kier alpha value is -3.42. The fourth-order valence-corrected chi connectivity index (χ4v) is 4.16. The van der Waals surface area contributed by atoms with Crippen molar-refractivity contribution in [1.82, 2.24) is 4.90 Å². The minimum absolute atomic E-state index is 0.0568. The molecule has 34 heavy (non-hydrogen) atoms. The summed E-state index contributed by atoms with van der Waals surface area (Å²) in [5.41, 5.74) is 2.26. The topological polar surface area (TPSA) is 76.1 Å². The number of aliphatic hydroxyl groups excluding tert-OH is 1. The summed E-state index contributed by atoms with van der Waals surface area (Å²) in [6.07, 6.45) is 0. The molecule has 3 aromatic rings. The molecule has 1 saturated heterocycles. The van der Waals surface area contributed by atoms with Crippen molar-refractivity contribution in [2.24, 2.45) is 0 Å². The number of likely N-dealkylation sites (tertiary alicyclic amines) is 1. The maximum Gasteiger partial charge on any atom is 0.295 e. The molecule has 1 unspecified atom stereocenters. The first kappa shape index (κ1) is 23.7. The van der Waals surface area contributed by atoms with Crippen molar-refractivity contribution >= 4 is 33.4 Å². The molecular weight excluding hydrogens is 498 g/mol. The maximum absolute atomic E-state index is 13.0. The van der Waals surface area contributed by atoms with Crippen LogP contribution in [-0.4, -0.2) is 42.0 Å². The highest BCUT2D eigenvalue weighted by molar-refractivity contribution is 9.10. The molecule has 0 aromatic heterocycles. The molecule has 1 atom stereocenters. The third kappa shape index (κ3) is 5.05. The Morgan fingerprint density at radius 2 is 1.65 bits per heavy atom. The fraction of sp³-hybridized carbons (Fsp3) is 0.185. The van der Waals surface area contributed by atoms with Crippen LogP contribution in [0.1, 0.15) is 22.7 Å². The van der Waals surface area contributed by atoms with Crippen LogP contribution in [0.2, 0.25) is 0 Å². The van der Waals surface area contributed by atoms with Gasteiger partial charge in [-0.05, 0) is 35.4 Å². The third-order valence-corrected chi connectivity index (χ3v) is 6.17. The molecule has 0 radical (unpaired) electrons. The van der Waals surface area contributed by atoms with Crippen LogP contribution in [0, 0.1) is 0 Å². The van der Waals surface area contributed by atoms with Crippen LogP contribution in [0.3, 0.4) is 0 Å². The smallest absolute Gasteiger partial charge is 0.295 e. The highest BCUT2D eigenvalue weighted by Gasteiger charge is 2.45. The van der Waals surface area contributed by atoms with Crippen molar-refractivity contribution in [3.63, 3.8) is 0 Å². The largest absolute Gasteiger partial charge is 0.507 e. The number of Topliss-reactive ketones (excluding diaryl/α,β-unsaturated/α-hetero) is 1. The van der Waals surface area contributed by atoms with Crippen molar-refractivity contribution in [3.8, 4) is 5.75 Å². The number of aliphatic hydroxyl groups is 1. The lowest BCUT2D eigenvalue weighted by Gasteiger charge is -2.25. The van der Waals surface area contributed by atoms with Gasteiger partial charge in [0, 0.05) is 23.7 Å². The zero-order valence-corrected chi connectivity index (χ0v) is 20.2. The number of carbonyl (C=O) groups is 2. The van der Waals surface area contributed by atoms with Crippen molar-refractivity contribution in [1.29, 1.82) is 0 Å². The summed E-state index contributed by atoms with van der Waals surface area (Å²) in [4.78, 5) is 27.3. The molecule has 1 fully saturated rings. The van der Waals surface area contributed by atoms with Gasteiger partial charge >= 0.3 is 0 Å². The number of hydrogen-bond donors (Lipinski definition) is 1. The van der Waals surface area contributed by atoms with E-state index in [0.717, 1.165) is 10.0 Å². The summed E-state index contributed by atoms with van der Waals surface area (Å²) in [7, 11) is 1.53. The highest BCUT2D eigenvalue weighted by Crippen LogP contribution is 2.39. The molecule has 1 aliphatic heterocycles. The Labute approximate surface area is 206 Å². The van der Waals surface area contributed by atoms with E-state index in [0.29, 0.717) is 23.5 Å². The monoisotopic (exact) mass is 521 g/mol. The van der Waals surface area contributed by atoms with Gasteiger partial charge < -0.3 is 19.5 Å². The van der Waals surface area contributed by atoms with Crippen LogP contribution in [0.25, 0.3) is 5.76 Å². The van der Waals surface area contributed by atoms with Gasteiger partial charge in [-0.3, -0.25) is 9.59 Å². The number of rotatable bonds is 8. The van der Waals surface area contributed by atoms with Gasteiger partial charge in [0.15, 0.2) is 0 Å². The van der Waals surface area contributed by atoms with E-state index < -0.39 is 17.7 Å². The molecule has 0 spiro atoms. The predicted molar refractivity (Wildman–Crippen MR) is 132 cm³/mol. The van der Waals surface area contributed by atoms with E-state index >= 15 is 0 Å². The standard InChI is InChI=1S/C27H24BrNO5/c1-33-16-15-29-24(19-9-13-22(14-10-19)34-17-18-5-3-2-4-6-18)23(26(31)27(29)32)25(30)20-7-11-21(28)12-8-20/h2-14,24,30H,15-17H2,1H3/b25-23-. The van der Waals surface area contributed by atoms with Crippen LogP contribution in [0.5, 0.6) is 5.75 Å². The number of ketones is 1. The van der Waals surface area contributed by atoms with Gasteiger partial charge in [-0.25, -0.2) is 0 Å². The number of halogens is 1. The van der Waals surface area contributed by atoms with E-state index in [4.69, 9.17) is 9.47 Å². The molecule has 1 aliphatic rings. The first-order valence-electron chi connectivity index (χ1n) is 10.8. The Kier molecular flexibility index (Phi) is 7.45. The summed E-state index contributed by atoms with van der Waals surface area (Å²) in [6, 6.07) is 23.2. The SMILES string of the molecule is COCCN1C(=O)C(=O)/C(=C(\O)c2ccc(Br)cc2)C1c1ccc(OCc2ccccc2)cc1. The zero-order valence-electron chi connectivity index (χ0n) is 18.6. The Morgan fingerprint density at radius 1 is 0.971 bits per heavy atom. The second-order valence-corrected chi connectivity index (χ2v) is 8.75. The van der Waals surface area contributed by atoms with Crippen LogP contribution < -0.4 is 4.74 Å². The van der Waals surface area contributed by atoms with Gasteiger partial charge in [-0.1, -0.05) is 70.5 Å². The third-order valence-electron chi connectivity index (χ3n) is 5.64. The van der Waals surface area contributed by atoms with E-state index in [1.165, 1.54) is 12.0 Å². The first-order chi connectivity index (χ1) is 16.5. The van der Waals surface area contributed by atoms with Crippen molar-refractivity contribution < 1.29 is 24.2 Å². The van der Waals surface area contributed by atoms with Gasteiger partial charge in [0.2, 0.25) is 0 Å². The van der Waals surface area contributed by atoms with Gasteiger partial charge in [0.25, 0.3) is 11.7 Å². The van der Waals surface area contributed by atoms with E-state index in [9.17, 15) is 14.7 Å². The minimum atomic E-state index is -0.734. The number of benzene rings is 3. The quantitative estimate of drug-likeness (QED) is 0.253. The Balaban J connectivity index is 1.67. The van der Waals surface area contributed by atoms with Crippen LogP contribution in [-0.2, 0) is 20.9 Å². The number of nitrogens with zero attached hydrogens (tertiary/aromatic N) is 1. The molecule has 1 N–H and O–H groups in total. The number of carbonyl (C=O) groups excluding carboxylic acids is 2. The van der Waals surface area contributed by atoms with Crippen LogP contribution in [0.15, 0.2) is 88.9 Å². The first-order valence-corrected chi connectivity index (χ1v) is 11.6. The van der Waals surface area contributed by atoms with Gasteiger partial charge in [0.05, 0.1) is 18.2 Å². The fourth-order valence-electron chi connectivity index (χ4n) is 3.90. The highest BCUT2D eigenvalue weighted by atomic mass is 79.9. The van der Waals surface area contributed by atoms with E-state index in [1.807, 2.05) is 42.5 Å². The normalized spacial score (nSPS) is 17.2. The molecule has 3 aromatic carbocycles. The van der Waals surface area contributed by atoms with Gasteiger partial charge in [-0.2, -0.15) is 0 Å². The van der Waals surface area contributed by atoms with Gasteiger partial charge in [-0.15, -0.1) is 0 Å². The summed E-state index contributed by atoms with van der Waals surface area (Å²) in [5, 5.41) is 11.0. The van der Waals surface area contributed by atoms with Crippen LogP contribution in [0.4, 0.5) is 0 Å². The summed E-state index contributed by atoms with van der Waals surface area (Å²) < 4.78 is 11.9. The summed E-state index contributed by atoms with van der Waals surface area (Å²) in [5.74, 6) is -0.925. The molecule has 6 nitrogen and oxygen atoms in total. The van der Waals surface area contributed by atoms with Gasteiger partial charge in [0.1, 0.15) is 18.1 Å². The number of ether oxygens (including phenoxy) is 2. The lowest BCUT2D eigenvalue weighted by Crippen LogP contribution is -2.32. The van der Waals surface area contributed by atoms with E-state index in [2.05, 4.69) is 15.9 Å². The minimum Gasteiger partial charge on any atom is -0.507 e. The lowest BCUT2D eigenvalue weighted by atomic mass is 9.95. The molecule has 1 amide bonds. The van der Waals surface area contributed by atoms with Crippen LogP contribution >= 0.6 is 15.9 Å². The zero-order chi connectivity index (χ0) is 24.1. The molecule has 174 valence electrons. The molecule has 0 saturated carbocycles. The Bertz CT molecular complexity index is 1190. The van der Waals surface area contributed by atoms with Crippen molar-refractivity contribution in [2.45, 2.75) is 12.6 Å². The van der Waals surface area contributed by atoms with Crippen molar-refractivity contribution in [2.75, 3.05) is 20.3 Å². The molecule has 0 aliphatic carbocycles. The molecule has 7 heteroatoms. The second kappa shape index (κ2) is 10.7. The number of amides is 1. The lowest BCUT2D eigenvalue weighted by molar-refractivity contribution is -0.140. The number of hydrogen-bond acceptors (Lipinski definition) is 5. The van der Waals surface area contributed by atoms with Crippen molar-refractivity contribution in [3.05, 3.63) is 106 Å². The average Bonchev–Trinajstić information content (AvgIpc) is 3.12. The molecule has 1 heterocycles. The number of methoxy groups -OCH3 is 1. The molecule has 4 rings (SSSR count). The second-order valence-electron chi connectivity index (χ2n) is 7.84. The predicted octanol–water partition coefficient (Wildman–Crippen LogP) is 5.10. The maximum atomic E-state index is 13.0. The van der Waals surface area contributed by atoms with E-state index in [-0.39, 0.29) is 24.5 Å². The molecular formula is C27H24BrNO5. The summed E-state index contributed by atoms with van der Waals surface area (Å²) >= 11 is 3.37. The Morgan fingerprint density at radius 3 is 2.29 bits per heavy atom. The average molecular weight is 522 g/mol.